The van der Waals surface area contributed by atoms with Crippen molar-refractivity contribution >= 4 is 17.5 Å². The van der Waals surface area contributed by atoms with E-state index in [4.69, 9.17) is 4.74 Å². The van der Waals surface area contributed by atoms with Gasteiger partial charge in [-0.1, -0.05) is 0 Å². The molecule has 0 unspecified atom stereocenters. The Morgan fingerprint density at radius 1 is 1.32 bits per heavy atom. The molecule has 19 heavy (non-hydrogen) atoms. The van der Waals surface area contributed by atoms with Gasteiger partial charge >= 0.3 is 0 Å². The summed E-state index contributed by atoms with van der Waals surface area (Å²) in [4.78, 5) is 29.1. The van der Waals surface area contributed by atoms with Crippen molar-refractivity contribution in [3.05, 3.63) is 24.5 Å². The van der Waals surface area contributed by atoms with Crippen molar-refractivity contribution in [3.63, 3.8) is 0 Å². The quantitative estimate of drug-likeness (QED) is 0.866. The van der Waals surface area contributed by atoms with Gasteiger partial charge in [-0.2, -0.15) is 0 Å². The lowest BCUT2D eigenvalue weighted by molar-refractivity contribution is -0.136. The molecule has 2 heterocycles. The number of carbonyl (C=O) groups excluding carboxylic acids is 2. The highest BCUT2D eigenvalue weighted by molar-refractivity contribution is 5.93. The Kier molecular flexibility index (Phi) is 4.85. The van der Waals surface area contributed by atoms with E-state index in [1.807, 2.05) is 0 Å². The predicted molar refractivity (Wildman–Crippen MR) is 69.5 cm³/mol. The number of anilines is 1. The number of hydrogen-bond acceptors (Lipinski definition) is 4. The van der Waals surface area contributed by atoms with Gasteiger partial charge in [-0.3, -0.25) is 14.6 Å². The molecular formula is C13H17N3O3. The summed E-state index contributed by atoms with van der Waals surface area (Å²) in [5.74, 6) is -0.167. The average Bonchev–Trinajstić information content (AvgIpc) is 2.47. The summed E-state index contributed by atoms with van der Waals surface area (Å²) in [6, 6.07) is 3.50. The highest BCUT2D eigenvalue weighted by atomic mass is 16.5. The molecule has 1 aromatic rings. The molecule has 1 aromatic heterocycles. The Morgan fingerprint density at radius 2 is 2.11 bits per heavy atom. The number of rotatable bonds is 4. The minimum Gasteiger partial charge on any atom is -0.378 e. The Labute approximate surface area is 111 Å². The molecule has 0 atom stereocenters. The van der Waals surface area contributed by atoms with E-state index in [-0.39, 0.29) is 24.7 Å². The van der Waals surface area contributed by atoms with Crippen LogP contribution in [0.2, 0.25) is 0 Å². The van der Waals surface area contributed by atoms with E-state index in [9.17, 15) is 9.59 Å². The van der Waals surface area contributed by atoms with E-state index < -0.39 is 0 Å². The lowest BCUT2D eigenvalue weighted by Crippen LogP contribution is -2.40. The molecule has 6 heteroatoms. The highest BCUT2D eigenvalue weighted by Crippen LogP contribution is 2.06. The first-order chi connectivity index (χ1) is 9.25. The van der Waals surface area contributed by atoms with Crippen LogP contribution in [0, 0.1) is 0 Å². The fourth-order valence-corrected chi connectivity index (χ4v) is 1.85. The molecule has 0 aliphatic carbocycles. The Balaban J connectivity index is 1.72. The zero-order chi connectivity index (χ0) is 13.5. The third-order valence-electron chi connectivity index (χ3n) is 2.88. The van der Waals surface area contributed by atoms with Gasteiger partial charge in [0.1, 0.15) is 0 Å². The van der Waals surface area contributed by atoms with Crippen molar-refractivity contribution in [1.29, 1.82) is 0 Å². The molecule has 0 radical (unpaired) electrons. The number of pyridine rings is 1. The van der Waals surface area contributed by atoms with Crippen LogP contribution in [0.1, 0.15) is 12.8 Å². The normalized spacial score (nSPS) is 15.1. The van der Waals surface area contributed by atoms with E-state index in [0.29, 0.717) is 32.0 Å². The second-order valence-corrected chi connectivity index (χ2v) is 4.28. The van der Waals surface area contributed by atoms with Crippen molar-refractivity contribution in [2.24, 2.45) is 0 Å². The average molecular weight is 263 g/mol. The van der Waals surface area contributed by atoms with Crippen LogP contribution in [-0.2, 0) is 14.3 Å². The molecule has 1 aliphatic heterocycles. The summed E-state index contributed by atoms with van der Waals surface area (Å²) in [5.41, 5.74) is 0.645. The number of ether oxygens (including phenoxy) is 1. The fraction of sp³-hybridized carbons (Fsp3) is 0.462. The van der Waals surface area contributed by atoms with Crippen molar-refractivity contribution < 1.29 is 14.3 Å². The standard InChI is InChI=1S/C13H17N3O3/c17-12(15-11-2-1-5-14-10-11)3-4-13(18)16-6-8-19-9-7-16/h1-2,5,10H,3-4,6-9H2,(H,15,17). The summed E-state index contributed by atoms with van der Waals surface area (Å²) in [6.45, 7) is 2.38. The van der Waals surface area contributed by atoms with Gasteiger partial charge in [0.15, 0.2) is 0 Å². The van der Waals surface area contributed by atoms with Crippen LogP contribution in [0.15, 0.2) is 24.5 Å². The van der Waals surface area contributed by atoms with Gasteiger partial charge in [0.2, 0.25) is 11.8 Å². The van der Waals surface area contributed by atoms with E-state index in [1.54, 1.807) is 29.4 Å². The van der Waals surface area contributed by atoms with Crippen LogP contribution in [0.3, 0.4) is 0 Å². The highest BCUT2D eigenvalue weighted by Gasteiger charge is 2.17. The number of nitrogens with one attached hydrogen (secondary N) is 1. The first-order valence-electron chi connectivity index (χ1n) is 6.31. The second-order valence-electron chi connectivity index (χ2n) is 4.28. The van der Waals surface area contributed by atoms with Crippen molar-refractivity contribution in [2.75, 3.05) is 31.6 Å². The minimum absolute atomic E-state index is 0.00429. The fourth-order valence-electron chi connectivity index (χ4n) is 1.85. The molecule has 1 aliphatic rings. The molecule has 0 spiro atoms. The van der Waals surface area contributed by atoms with Gasteiger partial charge in [0.05, 0.1) is 25.1 Å². The molecule has 102 valence electrons. The van der Waals surface area contributed by atoms with Crippen LogP contribution in [0.4, 0.5) is 5.69 Å². The lowest BCUT2D eigenvalue weighted by atomic mass is 10.2. The van der Waals surface area contributed by atoms with Gasteiger partial charge in [-0.15, -0.1) is 0 Å². The summed E-state index contributed by atoms with van der Waals surface area (Å²) in [7, 11) is 0. The molecule has 2 rings (SSSR count). The number of carbonyl (C=O) groups is 2. The molecule has 2 amide bonds. The third kappa shape index (κ3) is 4.33. The number of nitrogens with zero attached hydrogens (tertiary/aromatic N) is 2. The van der Waals surface area contributed by atoms with Crippen LogP contribution in [0.25, 0.3) is 0 Å². The summed E-state index contributed by atoms with van der Waals surface area (Å²) < 4.78 is 5.17. The molecule has 1 saturated heterocycles. The summed E-state index contributed by atoms with van der Waals surface area (Å²) >= 11 is 0. The molecule has 0 saturated carbocycles. The van der Waals surface area contributed by atoms with Crippen molar-refractivity contribution in [1.82, 2.24) is 9.88 Å². The van der Waals surface area contributed by atoms with Gasteiger partial charge in [-0.25, -0.2) is 0 Å². The maximum atomic E-state index is 11.8. The van der Waals surface area contributed by atoms with E-state index >= 15 is 0 Å². The smallest absolute Gasteiger partial charge is 0.224 e. The monoisotopic (exact) mass is 263 g/mol. The van der Waals surface area contributed by atoms with Crippen molar-refractivity contribution in [2.45, 2.75) is 12.8 Å². The third-order valence-corrected chi connectivity index (χ3v) is 2.88. The Hall–Kier alpha value is -1.95. The van der Waals surface area contributed by atoms with Crippen LogP contribution in [-0.4, -0.2) is 48.0 Å². The zero-order valence-electron chi connectivity index (χ0n) is 10.7. The molecule has 1 fully saturated rings. The Bertz CT molecular complexity index is 430. The topological polar surface area (TPSA) is 71.5 Å². The van der Waals surface area contributed by atoms with Gasteiger partial charge in [0, 0.05) is 32.1 Å². The van der Waals surface area contributed by atoms with Gasteiger partial charge in [-0.05, 0) is 12.1 Å². The number of hydrogen-bond donors (Lipinski definition) is 1. The Morgan fingerprint density at radius 3 is 2.79 bits per heavy atom. The minimum atomic E-state index is -0.172. The number of amides is 2. The van der Waals surface area contributed by atoms with Gasteiger partial charge < -0.3 is 15.0 Å². The SMILES string of the molecule is O=C(CCC(=O)N1CCOCC1)Nc1cccnc1. The molecular weight excluding hydrogens is 246 g/mol. The second kappa shape index (κ2) is 6.84. The summed E-state index contributed by atoms with van der Waals surface area (Å²) in [5, 5.41) is 2.70. The van der Waals surface area contributed by atoms with Crippen molar-refractivity contribution in [3.8, 4) is 0 Å². The van der Waals surface area contributed by atoms with Crippen LogP contribution in [0.5, 0.6) is 0 Å². The van der Waals surface area contributed by atoms with Crippen LogP contribution < -0.4 is 5.32 Å². The first-order valence-corrected chi connectivity index (χ1v) is 6.31. The van der Waals surface area contributed by atoms with E-state index in [0.717, 1.165) is 0 Å². The number of aromatic nitrogens is 1. The maximum Gasteiger partial charge on any atom is 0.224 e. The molecule has 6 nitrogen and oxygen atoms in total. The van der Waals surface area contributed by atoms with E-state index in [2.05, 4.69) is 10.3 Å². The van der Waals surface area contributed by atoms with Crippen LogP contribution >= 0.6 is 0 Å². The maximum absolute atomic E-state index is 11.8. The molecule has 0 bridgehead atoms. The molecule has 1 N–H and O–H groups in total. The van der Waals surface area contributed by atoms with E-state index in [1.165, 1.54) is 0 Å². The number of morpholine rings is 1. The van der Waals surface area contributed by atoms with Gasteiger partial charge in [0.25, 0.3) is 0 Å². The first kappa shape index (κ1) is 13.5. The largest absolute Gasteiger partial charge is 0.378 e. The predicted octanol–water partition coefficient (Wildman–Crippen LogP) is 0.659. The molecule has 0 aromatic carbocycles. The summed E-state index contributed by atoms with van der Waals surface area (Å²) in [6.07, 6.45) is 3.62. The lowest BCUT2D eigenvalue weighted by Gasteiger charge is -2.26. The zero-order valence-corrected chi connectivity index (χ0v) is 10.7.